The highest BCUT2D eigenvalue weighted by atomic mass is 16.5. The molecule has 3 rings (SSSR count). The zero-order valence-electron chi connectivity index (χ0n) is 20.3. The van der Waals surface area contributed by atoms with Crippen LogP contribution in [0.2, 0.25) is 0 Å². The number of esters is 1. The lowest BCUT2D eigenvalue weighted by molar-refractivity contribution is -0.144. The molecule has 2 aromatic heterocycles. The van der Waals surface area contributed by atoms with Crippen LogP contribution in [0.15, 0.2) is 40.9 Å². The first-order valence-electron chi connectivity index (χ1n) is 11.2. The molecule has 1 amide bonds. The first-order valence-corrected chi connectivity index (χ1v) is 11.2. The smallest absolute Gasteiger partial charge is 0.325 e. The maximum Gasteiger partial charge on any atom is 0.325 e. The lowest BCUT2D eigenvalue weighted by atomic mass is 9.88. The van der Waals surface area contributed by atoms with Gasteiger partial charge in [-0.25, -0.2) is 0 Å². The second kappa shape index (κ2) is 10.5. The van der Waals surface area contributed by atoms with E-state index in [4.69, 9.17) is 9.15 Å². The summed E-state index contributed by atoms with van der Waals surface area (Å²) in [6.07, 6.45) is 2.26. The van der Waals surface area contributed by atoms with E-state index in [0.29, 0.717) is 17.9 Å². The Hall–Kier alpha value is -3.41. The lowest BCUT2D eigenvalue weighted by Gasteiger charge is -2.20. The van der Waals surface area contributed by atoms with Gasteiger partial charge in [-0.05, 0) is 99.2 Å². The van der Waals surface area contributed by atoms with Crippen molar-refractivity contribution in [2.24, 2.45) is 0 Å². The summed E-state index contributed by atoms with van der Waals surface area (Å²) >= 11 is 0. The van der Waals surface area contributed by atoms with Gasteiger partial charge in [0.05, 0.1) is 18.8 Å². The fraction of sp³-hybridized carbons (Fsp3) is 0.370. The van der Waals surface area contributed by atoms with Crippen LogP contribution in [-0.2, 0) is 22.5 Å². The standard InChI is InChI=1S/C27H32N2O4/c1-7-32-26(30)16-29(15-22-10-8-9-13-28-22)27(31)25-12-11-23(33-25)14-24-20(5)18(3)17(2)19(4)21(24)6/h8-13H,7,14-16H2,1-6H3. The van der Waals surface area contributed by atoms with Crippen molar-refractivity contribution in [1.29, 1.82) is 0 Å². The Morgan fingerprint density at radius 3 is 2.21 bits per heavy atom. The van der Waals surface area contributed by atoms with Crippen LogP contribution >= 0.6 is 0 Å². The zero-order valence-corrected chi connectivity index (χ0v) is 20.3. The monoisotopic (exact) mass is 448 g/mol. The molecule has 6 nitrogen and oxygen atoms in total. The molecule has 0 bridgehead atoms. The summed E-state index contributed by atoms with van der Waals surface area (Å²) in [5.41, 5.74) is 8.28. The molecule has 0 unspecified atom stereocenters. The predicted octanol–water partition coefficient (Wildman–Crippen LogP) is 5.01. The van der Waals surface area contributed by atoms with E-state index in [2.05, 4.69) is 39.6 Å². The number of nitrogens with zero attached hydrogens (tertiary/aromatic N) is 2. The van der Waals surface area contributed by atoms with Gasteiger partial charge in [-0.2, -0.15) is 0 Å². The second-order valence-electron chi connectivity index (χ2n) is 8.33. The maximum absolute atomic E-state index is 13.2. The number of hydrogen-bond acceptors (Lipinski definition) is 5. The number of aromatic nitrogens is 1. The largest absolute Gasteiger partial charge is 0.465 e. The average molecular weight is 449 g/mol. The summed E-state index contributed by atoms with van der Waals surface area (Å²) in [6.45, 7) is 12.7. The Bertz CT molecular complexity index is 1120. The van der Waals surface area contributed by atoms with E-state index in [0.717, 1.165) is 0 Å². The van der Waals surface area contributed by atoms with Crippen LogP contribution in [0.1, 0.15) is 62.3 Å². The van der Waals surface area contributed by atoms with E-state index in [9.17, 15) is 9.59 Å². The molecule has 0 spiro atoms. The molecule has 0 radical (unpaired) electrons. The number of hydrogen-bond donors (Lipinski definition) is 0. The maximum atomic E-state index is 13.2. The van der Waals surface area contributed by atoms with Crippen molar-refractivity contribution in [2.45, 2.75) is 54.5 Å². The van der Waals surface area contributed by atoms with Gasteiger partial charge >= 0.3 is 5.97 Å². The highest BCUT2D eigenvalue weighted by Crippen LogP contribution is 2.28. The molecule has 0 aliphatic rings. The Kier molecular flexibility index (Phi) is 7.69. The van der Waals surface area contributed by atoms with E-state index in [1.165, 1.54) is 38.3 Å². The minimum atomic E-state index is -0.467. The molecule has 0 aliphatic carbocycles. The quantitative estimate of drug-likeness (QED) is 0.453. The second-order valence-corrected chi connectivity index (χ2v) is 8.33. The topological polar surface area (TPSA) is 72.6 Å². The van der Waals surface area contributed by atoms with Crippen molar-refractivity contribution in [3.8, 4) is 0 Å². The normalized spacial score (nSPS) is 10.8. The zero-order chi connectivity index (χ0) is 24.1. The van der Waals surface area contributed by atoms with E-state index in [1.807, 2.05) is 18.2 Å². The van der Waals surface area contributed by atoms with Gasteiger partial charge in [0.1, 0.15) is 12.3 Å². The van der Waals surface area contributed by atoms with E-state index < -0.39 is 5.97 Å². The van der Waals surface area contributed by atoms with Crippen LogP contribution in [0.5, 0.6) is 0 Å². The summed E-state index contributed by atoms with van der Waals surface area (Å²) in [6, 6.07) is 8.97. The van der Waals surface area contributed by atoms with Crippen molar-refractivity contribution in [1.82, 2.24) is 9.88 Å². The van der Waals surface area contributed by atoms with Gasteiger partial charge in [0, 0.05) is 12.6 Å². The summed E-state index contributed by atoms with van der Waals surface area (Å²) in [5, 5.41) is 0. The number of benzene rings is 1. The van der Waals surface area contributed by atoms with Crippen LogP contribution in [-0.4, -0.2) is 34.9 Å². The fourth-order valence-corrected chi connectivity index (χ4v) is 4.01. The average Bonchev–Trinajstić information content (AvgIpc) is 3.28. The van der Waals surface area contributed by atoms with Crippen molar-refractivity contribution in [2.75, 3.05) is 13.2 Å². The van der Waals surface area contributed by atoms with E-state index in [1.54, 1.807) is 25.3 Å². The van der Waals surface area contributed by atoms with Crippen LogP contribution in [0, 0.1) is 34.6 Å². The van der Waals surface area contributed by atoms with Crippen molar-refractivity contribution < 1.29 is 18.7 Å². The van der Waals surface area contributed by atoms with E-state index in [-0.39, 0.29) is 31.4 Å². The molecule has 3 aromatic rings. The minimum Gasteiger partial charge on any atom is -0.465 e. The molecular formula is C27H32N2O4. The van der Waals surface area contributed by atoms with Gasteiger partial charge in [0.15, 0.2) is 5.76 Å². The fourth-order valence-electron chi connectivity index (χ4n) is 4.01. The molecule has 6 heteroatoms. The Balaban J connectivity index is 1.85. The molecule has 0 saturated carbocycles. The summed E-state index contributed by atoms with van der Waals surface area (Å²) in [5.74, 6) is 0.0669. The Labute approximate surface area is 195 Å². The number of ether oxygens (including phenoxy) is 1. The molecule has 0 aliphatic heterocycles. The van der Waals surface area contributed by atoms with Gasteiger partial charge in [0.25, 0.3) is 5.91 Å². The number of carbonyl (C=O) groups is 2. The first kappa shape index (κ1) is 24.2. The van der Waals surface area contributed by atoms with Crippen LogP contribution in [0.3, 0.4) is 0 Å². The van der Waals surface area contributed by atoms with Gasteiger partial charge in [0.2, 0.25) is 0 Å². The number of pyridine rings is 1. The van der Waals surface area contributed by atoms with Gasteiger partial charge < -0.3 is 14.1 Å². The van der Waals surface area contributed by atoms with Crippen LogP contribution in [0.4, 0.5) is 0 Å². The lowest BCUT2D eigenvalue weighted by Crippen LogP contribution is -2.36. The first-order chi connectivity index (χ1) is 15.7. The summed E-state index contributed by atoms with van der Waals surface area (Å²) in [7, 11) is 0. The third-order valence-electron chi connectivity index (χ3n) is 6.37. The number of rotatable bonds is 8. The van der Waals surface area contributed by atoms with Gasteiger partial charge in [-0.1, -0.05) is 6.07 Å². The molecule has 2 heterocycles. The molecule has 0 atom stereocenters. The Morgan fingerprint density at radius 2 is 1.61 bits per heavy atom. The highest BCUT2D eigenvalue weighted by Gasteiger charge is 2.24. The number of amides is 1. The SMILES string of the molecule is CCOC(=O)CN(Cc1ccccn1)C(=O)c1ccc(Cc2c(C)c(C)c(C)c(C)c2C)o1. The summed E-state index contributed by atoms with van der Waals surface area (Å²) in [4.78, 5) is 31.0. The van der Waals surface area contributed by atoms with Gasteiger partial charge in [-0.3, -0.25) is 14.6 Å². The van der Waals surface area contributed by atoms with Crippen molar-refractivity contribution in [3.05, 3.63) is 87.1 Å². The summed E-state index contributed by atoms with van der Waals surface area (Å²) < 4.78 is 11.0. The minimum absolute atomic E-state index is 0.173. The third-order valence-corrected chi connectivity index (χ3v) is 6.37. The molecule has 0 fully saturated rings. The molecule has 1 aromatic carbocycles. The van der Waals surface area contributed by atoms with E-state index >= 15 is 0 Å². The molecule has 33 heavy (non-hydrogen) atoms. The van der Waals surface area contributed by atoms with Crippen LogP contribution < -0.4 is 0 Å². The molecule has 0 N–H and O–H groups in total. The molecular weight excluding hydrogens is 416 g/mol. The predicted molar refractivity (Wildman–Crippen MR) is 127 cm³/mol. The highest BCUT2D eigenvalue weighted by molar-refractivity contribution is 5.93. The van der Waals surface area contributed by atoms with Crippen molar-refractivity contribution in [3.63, 3.8) is 0 Å². The molecule has 174 valence electrons. The third kappa shape index (κ3) is 5.51. The van der Waals surface area contributed by atoms with Crippen molar-refractivity contribution >= 4 is 11.9 Å². The number of furan rings is 1. The van der Waals surface area contributed by atoms with Crippen LogP contribution in [0.25, 0.3) is 0 Å². The van der Waals surface area contributed by atoms with Gasteiger partial charge in [-0.15, -0.1) is 0 Å². The Morgan fingerprint density at radius 1 is 0.939 bits per heavy atom. The molecule has 0 saturated heterocycles. The number of carbonyl (C=O) groups excluding carboxylic acids is 2.